The molecule has 0 aliphatic carbocycles. The predicted octanol–water partition coefficient (Wildman–Crippen LogP) is 21.6. The van der Waals surface area contributed by atoms with Crippen LogP contribution >= 0.6 is 6.89 Å². The maximum Gasteiger partial charge on any atom is -0.0163 e. The van der Waals surface area contributed by atoms with Crippen molar-refractivity contribution in [2.45, 2.75) is 264 Å². The number of unbranched alkanes of at least 4 members (excludes halogenated alkanes) is 36. The second-order valence-corrected chi connectivity index (χ2v) is 23.9. The fourth-order valence-electron chi connectivity index (χ4n) is 10.1. The molecule has 1 heteroatoms. The van der Waals surface area contributed by atoms with Crippen LogP contribution in [0.25, 0.3) is 0 Å². The van der Waals surface area contributed by atoms with Crippen molar-refractivity contribution in [2.75, 3.05) is 0 Å². The Morgan fingerprint density at radius 1 is 0.232 bits per heavy atom. The molecule has 0 aliphatic heterocycles. The average Bonchev–Trinajstić information content (AvgIpc) is 3.39. The van der Waals surface area contributed by atoms with Gasteiger partial charge >= 0.3 is 0 Å². The second kappa shape index (κ2) is 46.0. The molecule has 0 unspecified atom stereocenters. The van der Waals surface area contributed by atoms with Crippen molar-refractivity contribution in [1.29, 1.82) is 0 Å². The first-order valence-corrected chi connectivity index (χ1v) is 31.7. The zero-order chi connectivity index (χ0) is 48.5. The van der Waals surface area contributed by atoms with Crippen LogP contribution < -0.4 is 15.9 Å². The lowest BCUT2D eigenvalue weighted by molar-refractivity contribution is 0.567. The second-order valence-electron chi connectivity index (χ2n) is 20.5. The molecule has 0 saturated heterocycles. The highest BCUT2D eigenvalue weighted by Gasteiger charge is 2.24. The van der Waals surface area contributed by atoms with Gasteiger partial charge in [-0.15, -0.1) is 0 Å². The Kier molecular flexibility index (Phi) is 40.2. The summed E-state index contributed by atoms with van der Waals surface area (Å²) in [4.78, 5) is 0. The quantitative estimate of drug-likeness (QED) is 0.0301. The summed E-state index contributed by atoms with van der Waals surface area (Å²) in [5.41, 5.74) is 0. The Bertz CT molecular complexity index is 1590. The van der Waals surface area contributed by atoms with Gasteiger partial charge in [0, 0.05) is 0 Å². The standard InChI is InChI=1S/C68H107P/c1-2-3-4-5-6-7-8-9-10-11-12-13-14-15-16-17-18-19-20-21-22-23-24-25-26-27-28-29-30-31-32-33-34-35-36-37-38-39-40-41-42-43-44-45-46-47-48-58-65-69(66-59-52-49-53-60-66,67-61-54-50-55-62-67)68-63-56-51-57-64-68/h2-3,14-15,26-27,38-39,49-57,59-65H,4-13,16-25,28-37,40-48,58H2,1H3/b3-2+,15-14+,27-26+,39-38+. The van der Waals surface area contributed by atoms with Crippen LogP contribution in [0.4, 0.5) is 0 Å². The molecule has 3 rings (SSSR count). The van der Waals surface area contributed by atoms with Gasteiger partial charge in [-0.05, 0) is 132 Å². The van der Waals surface area contributed by atoms with Crippen LogP contribution in [0, 0.1) is 0 Å². The predicted molar refractivity (Wildman–Crippen MR) is 318 cm³/mol. The average molecular weight is 956 g/mol. The van der Waals surface area contributed by atoms with E-state index in [1.165, 1.54) is 273 Å². The van der Waals surface area contributed by atoms with Crippen LogP contribution in [0.1, 0.15) is 264 Å². The van der Waals surface area contributed by atoms with E-state index in [0.29, 0.717) is 0 Å². The zero-order valence-corrected chi connectivity index (χ0v) is 46.0. The number of rotatable bonds is 47. The van der Waals surface area contributed by atoms with Gasteiger partial charge in [0.25, 0.3) is 0 Å². The highest BCUT2D eigenvalue weighted by Crippen LogP contribution is 2.44. The number of benzene rings is 3. The summed E-state index contributed by atoms with van der Waals surface area (Å²) in [6.45, 7) is 0.330. The van der Waals surface area contributed by atoms with Crippen LogP contribution in [-0.4, -0.2) is 5.80 Å². The van der Waals surface area contributed by atoms with Crippen molar-refractivity contribution >= 4 is 28.6 Å². The first-order chi connectivity index (χ1) is 34.4. The summed E-state index contributed by atoms with van der Waals surface area (Å²) in [6.07, 6.45) is 74.5. The maximum absolute atomic E-state index is 2.71. The van der Waals surface area contributed by atoms with E-state index in [4.69, 9.17) is 0 Å². The minimum Gasteiger partial charge on any atom is -0.0917 e. The first kappa shape index (κ1) is 60.2. The Morgan fingerprint density at radius 3 is 0.638 bits per heavy atom. The molecule has 0 spiro atoms. The van der Waals surface area contributed by atoms with E-state index in [-0.39, 0.29) is 0 Å². The number of hydrogen-bond acceptors (Lipinski definition) is 0. The normalized spacial score (nSPS) is 12.2. The Labute approximate surface area is 429 Å². The van der Waals surface area contributed by atoms with E-state index in [9.17, 15) is 0 Å². The van der Waals surface area contributed by atoms with Crippen LogP contribution in [0.2, 0.25) is 0 Å². The maximum atomic E-state index is 2.71. The van der Waals surface area contributed by atoms with Crippen LogP contribution in [0.5, 0.6) is 0 Å². The molecule has 0 atom stereocenters. The molecule has 0 heterocycles. The summed E-state index contributed by atoms with van der Waals surface area (Å²) in [7, 11) is 0. The molecule has 0 bridgehead atoms. The summed E-state index contributed by atoms with van der Waals surface area (Å²) < 4.78 is 0. The lowest BCUT2D eigenvalue weighted by atomic mass is 10.0. The van der Waals surface area contributed by atoms with Crippen molar-refractivity contribution in [3.8, 4) is 0 Å². The van der Waals surface area contributed by atoms with Gasteiger partial charge in [0.1, 0.15) is 0 Å². The molecule has 3 aromatic carbocycles. The third kappa shape index (κ3) is 31.8. The highest BCUT2D eigenvalue weighted by molar-refractivity contribution is 7.94. The molecule has 0 nitrogen and oxygen atoms in total. The van der Waals surface area contributed by atoms with Gasteiger partial charge in [0.2, 0.25) is 0 Å². The van der Waals surface area contributed by atoms with Gasteiger partial charge in [0.05, 0.1) is 0 Å². The van der Waals surface area contributed by atoms with Gasteiger partial charge in [-0.25, -0.2) is 0 Å². The van der Waals surface area contributed by atoms with E-state index in [2.05, 4.69) is 152 Å². The number of hydrogen-bond donors (Lipinski definition) is 0. The van der Waals surface area contributed by atoms with Crippen LogP contribution in [-0.2, 0) is 0 Å². The SMILES string of the molecule is C/C=C/CCCCCCCCCC/C=C/CCCCCCCCCC/C=C/CCCCCCCCCC/C=C/CCCCCCCCCCC=P(c1ccccc1)(c1ccccc1)c1ccccc1. The molecule has 3 aromatic rings. The molecule has 384 valence electrons. The summed E-state index contributed by atoms with van der Waals surface area (Å²) in [5, 5.41) is 4.39. The van der Waals surface area contributed by atoms with Gasteiger partial charge < -0.3 is 0 Å². The zero-order valence-electron chi connectivity index (χ0n) is 45.1. The van der Waals surface area contributed by atoms with Crippen molar-refractivity contribution in [2.24, 2.45) is 0 Å². The molecule has 0 aliphatic rings. The van der Waals surface area contributed by atoms with Crippen LogP contribution in [0.3, 0.4) is 0 Å². The molecular weight excluding hydrogens is 848 g/mol. The minimum atomic E-state index is -1.80. The third-order valence-corrected chi connectivity index (χ3v) is 18.6. The Morgan fingerprint density at radius 2 is 0.420 bits per heavy atom. The van der Waals surface area contributed by atoms with E-state index >= 15 is 0 Å². The largest absolute Gasteiger partial charge is 0.0917 e. The highest BCUT2D eigenvalue weighted by atomic mass is 31.2. The monoisotopic (exact) mass is 955 g/mol. The summed E-state index contributed by atoms with van der Waals surface area (Å²) in [5.74, 6) is 2.71. The fraction of sp³-hybridized carbons (Fsp3) is 0.603. The van der Waals surface area contributed by atoms with Crippen molar-refractivity contribution in [3.05, 3.63) is 140 Å². The van der Waals surface area contributed by atoms with Crippen LogP contribution in [0.15, 0.2) is 140 Å². The van der Waals surface area contributed by atoms with Crippen molar-refractivity contribution in [3.63, 3.8) is 0 Å². The van der Waals surface area contributed by atoms with Gasteiger partial charge in [-0.1, -0.05) is 299 Å². The number of allylic oxidation sites excluding steroid dienone is 8. The Balaban J connectivity index is 0.999. The van der Waals surface area contributed by atoms with E-state index < -0.39 is 6.89 Å². The molecule has 0 fully saturated rings. The van der Waals surface area contributed by atoms with E-state index in [1.807, 2.05) is 0 Å². The molecule has 69 heavy (non-hydrogen) atoms. The molecule has 0 radical (unpaired) electrons. The summed E-state index contributed by atoms with van der Waals surface area (Å²) >= 11 is 0. The van der Waals surface area contributed by atoms with Crippen molar-refractivity contribution in [1.82, 2.24) is 0 Å². The first-order valence-electron chi connectivity index (χ1n) is 29.8. The fourth-order valence-corrected chi connectivity index (χ4v) is 14.2. The minimum absolute atomic E-state index is 1.18. The molecular formula is C68H107P. The third-order valence-electron chi connectivity index (χ3n) is 14.4. The van der Waals surface area contributed by atoms with E-state index in [0.717, 1.165) is 0 Å². The Hall–Kier alpha value is -3.08. The van der Waals surface area contributed by atoms with E-state index in [1.54, 1.807) is 0 Å². The lowest BCUT2D eigenvalue weighted by Crippen LogP contribution is -2.26. The molecule has 0 N–H and O–H groups in total. The smallest absolute Gasteiger partial charge is 0.0163 e. The topological polar surface area (TPSA) is 0 Å². The molecule has 0 aromatic heterocycles. The van der Waals surface area contributed by atoms with Crippen molar-refractivity contribution < 1.29 is 0 Å². The lowest BCUT2D eigenvalue weighted by Gasteiger charge is -2.29. The van der Waals surface area contributed by atoms with Gasteiger partial charge in [-0.3, -0.25) is 0 Å². The molecule has 0 amide bonds. The summed E-state index contributed by atoms with van der Waals surface area (Å²) in [6, 6.07) is 33.8. The molecule has 0 saturated carbocycles. The van der Waals surface area contributed by atoms with Gasteiger partial charge in [-0.2, -0.15) is 0 Å². The van der Waals surface area contributed by atoms with Gasteiger partial charge in [0.15, 0.2) is 0 Å².